The van der Waals surface area contributed by atoms with Crippen molar-refractivity contribution in [3.8, 4) is 0 Å². The zero-order chi connectivity index (χ0) is 16.5. The number of aromatic amines is 1. The minimum absolute atomic E-state index is 0.0351. The molecule has 4 rings (SSSR count). The van der Waals surface area contributed by atoms with E-state index in [2.05, 4.69) is 22.2 Å². The summed E-state index contributed by atoms with van der Waals surface area (Å²) in [5, 5.41) is 4.18. The van der Waals surface area contributed by atoms with E-state index in [-0.39, 0.29) is 17.9 Å². The Balaban J connectivity index is 1.47. The van der Waals surface area contributed by atoms with Crippen molar-refractivity contribution >= 4 is 22.5 Å². The highest BCUT2D eigenvalue weighted by Crippen LogP contribution is 2.34. The second kappa shape index (κ2) is 6.57. The first-order valence-electron chi connectivity index (χ1n) is 8.89. The fourth-order valence-electron chi connectivity index (χ4n) is 4.11. The van der Waals surface area contributed by atoms with Gasteiger partial charge in [0.25, 0.3) is 0 Å². The van der Waals surface area contributed by atoms with Crippen LogP contribution in [0, 0.1) is 11.8 Å². The number of para-hydroxylation sites is 1. The zero-order valence-electron chi connectivity index (χ0n) is 14.1. The molecule has 3 heterocycles. The monoisotopic (exact) mass is 327 g/mol. The molecule has 5 nitrogen and oxygen atoms in total. The number of ether oxygens (including phenoxy) is 1. The van der Waals surface area contributed by atoms with Crippen LogP contribution in [0.25, 0.3) is 10.9 Å². The lowest BCUT2D eigenvalue weighted by atomic mass is 9.84. The van der Waals surface area contributed by atoms with Crippen molar-refractivity contribution in [2.45, 2.75) is 25.4 Å². The number of carbonyl (C=O) groups is 1. The number of anilines is 1. The van der Waals surface area contributed by atoms with Crippen LogP contribution in [0.5, 0.6) is 0 Å². The molecule has 1 amide bonds. The Bertz CT molecular complexity index is 718. The maximum absolute atomic E-state index is 12.9. The van der Waals surface area contributed by atoms with E-state index in [9.17, 15) is 4.79 Å². The molecule has 2 aromatic rings. The molecule has 2 fully saturated rings. The quantitative estimate of drug-likeness (QED) is 0.911. The van der Waals surface area contributed by atoms with Gasteiger partial charge in [-0.2, -0.15) is 0 Å². The number of fused-ring (bicyclic) bond motifs is 1. The smallest absolute Gasteiger partial charge is 0.230 e. The standard InChI is InChI=1S/C19H25N3O2/c1-22-9-6-13(7-10-22)18-15(8-11-24-18)19(23)21-17-12-20-16-5-3-2-4-14(16)17/h2-5,12-13,15,18,20H,6-11H2,1H3,(H,21,23)/t15-,18+/m1/s1. The molecule has 0 aliphatic carbocycles. The Kier molecular flexibility index (Phi) is 4.29. The van der Waals surface area contributed by atoms with Crippen LogP contribution >= 0.6 is 0 Å². The van der Waals surface area contributed by atoms with Crippen molar-refractivity contribution < 1.29 is 9.53 Å². The minimum atomic E-state index is -0.0351. The Morgan fingerprint density at radius 2 is 2.04 bits per heavy atom. The number of H-pyrrole nitrogens is 1. The van der Waals surface area contributed by atoms with Crippen molar-refractivity contribution in [1.82, 2.24) is 9.88 Å². The molecule has 128 valence electrons. The number of carbonyl (C=O) groups excluding carboxylic acids is 1. The summed E-state index contributed by atoms with van der Waals surface area (Å²) in [6, 6.07) is 8.03. The second-order valence-corrected chi connectivity index (χ2v) is 7.11. The summed E-state index contributed by atoms with van der Waals surface area (Å²) >= 11 is 0. The summed E-state index contributed by atoms with van der Waals surface area (Å²) in [5.74, 6) is 0.565. The SMILES string of the molecule is CN1CCC([C@@H]2OCC[C@H]2C(=O)Nc2c[nH]c3ccccc23)CC1. The highest BCUT2D eigenvalue weighted by atomic mass is 16.5. The topological polar surface area (TPSA) is 57.4 Å². The zero-order valence-corrected chi connectivity index (χ0v) is 14.1. The van der Waals surface area contributed by atoms with Gasteiger partial charge in [-0.25, -0.2) is 0 Å². The molecule has 0 bridgehead atoms. The first-order valence-corrected chi connectivity index (χ1v) is 8.89. The average Bonchev–Trinajstić information content (AvgIpc) is 3.23. The molecule has 1 aromatic heterocycles. The molecule has 5 heteroatoms. The van der Waals surface area contributed by atoms with Crippen molar-refractivity contribution in [2.24, 2.45) is 11.8 Å². The van der Waals surface area contributed by atoms with Crippen LogP contribution in [-0.2, 0) is 9.53 Å². The Morgan fingerprint density at radius 3 is 2.88 bits per heavy atom. The first-order chi connectivity index (χ1) is 11.7. The molecule has 2 aliphatic rings. The van der Waals surface area contributed by atoms with E-state index in [0.29, 0.717) is 12.5 Å². The predicted octanol–water partition coefficient (Wildman–Crippen LogP) is 2.85. The molecule has 0 radical (unpaired) electrons. The van der Waals surface area contributed by atoms with Crippen LogP contribution < -0.4 is 5.32 Å². The summed E-state index contributed by atoms with van der Waals surface area (Å²) in [6.07, 6.45) is 5.02. The van der Waals surface area contributed by atoms with E-state index in [0.717, 1.165) is 48.9 Å². The van der Waals surface area contributed by atoms with E-state index in [1.165, 1.54) is 0 Å². The summed E-state index contributed by atoms with van der Waals surface area (Å²) in [4.78, 5) is 18.4. The highest BCUT2D eigenvalue weighted by molar-refractivity contribution is 6.02. The number of hydrogen-bond acceptors (Lipinski definition) is 3. The lowest BCUT2D eigenvalue weighted by Gasteiger charge is -2.34. The lowest BCUT2D eigenvalue weighted by molar-refractivity contribution is -0.122. The maximum atomic E-state index is 12.9. The van der Waals surface area contributed by atoms with Gasteiger partial charge in [0.05, 0.1) is 17.7 Å². The van der Waals surface area contributed by atoms with E-state index >= 15 is 0 Å². The number of likely N-dealkylation sites (tertiary alicyclic amines) is 1. The number of benzene rings is 1. The fraction of sp³-hybridized carbons (Fsp3) is 0.526. The Labute approximate surface area is 142 Å². The molecule has 2 N–H and O–H groups in total. The van der Waals surface area contributed by atoms with Gasteiger partial charge >= 0.3 is 0 Å². The van der Waals surface area contributed by atoms with Gasteiger partial charge in [0, 0.05) is 23.7 Å². The predicted molar refractivity (Wildman–Crippen MR) is 95.0 cm³/mol. The number of nitrogens with zero attached hydrogens (tertiary/aromatic N) is 1. The van der Waals surface area contributed by atoms with E-state index in [1.807, 2.05) is 30.5 Å². The van der Waals surface area contributed by atoms with Crippen LogP contribution in [0.1, 0.15) is 19.3 Å². The lowest BCUT2D eigenvalue weighted by Crippen LogP contribution is -2.40. The number of amides is 1. The summed E-state index contributed by atoms with van der Waals surface area (Å²) in [7, 11) is 2.16. The minimum Gasteiger partial charge on any atom is -0.377 e. The van der Waals surface area contributed by atoms with Crippen LogP contribution in [-0.4, -0.2) is 48.6 Å². The Morgan fingerprint density at radius 1 is 1.25 bits per heavy atom. The van der Waals surface area contributed by atoms with Gasteiger partial charge in [-0.1, -0.05) is 18.2 Å². The van der Waals surface area contributed by atoms with Crippen molar-refractivity contribution in [2.75, 3.05) is 32.1 Å². The van der Waals surface area contributed by atoms with Crippen LogP contribution in [0.15, 0.2) is 30.5 Å². The summed E-state index contributed by atoms with van der Waals surface area (Å²) < 4.78 is 5.98. The molecule has 24 heavy (non-hydrogen) atoms. The number of hydrogen-bond donors (Lipinski definition) is 2. The van der Waals surface area contributed by atoms with Crippen molar-refractivity contribution in [3.05, 3.63) is 30.5 Å². The van der Waals surface area contributed by atoms with Gasteiger partial charge in [-0.15, -0.1) is 0 Å². The highest BCUT2D eigenvalue weighted by Gasteiger charge is 2.40. The second-order valence-electron chi connectivity index (χ2n) is 7.11. The Hall–Kier alpha value is -1.85. The fourth-order valence-corrected chi connectivity index (χ4v) is 4.11. The molecular weight excluding hydrogens is 302 g/mol. The van der Waals surface area contributed by atoms with E-state index in [1.54, 1.807) is 0 Å². The molecule has 2 atom stereocenters. The van der Waals surface area contributed by atoms with Gasteiger partial charge in [-0.3, -0.25) is 4.79 Å². The summed E-state index contributed by atoms with van der Waals surface area (Å²) in [5.41, 5.74) is 1.91. The molecule has 2 saturated heterocycles. The molecule has 0 spiro atoms. The molecule has 1 aromatic carbocycles. The van der Waals surface area contributed by atoms with Crippen LogP contribution in [0.2, 0.25) is 0 Å². The maximum Gasteiger partial charge on any atom is 0.230 e. The van der Waals surface area contributed by atoms with Crippen molar-refractivity contribution in [3.63, 3.8) is 0 Å². The van der Waals surface area contributed by atoms with Gasteiger partial charge in [0.2, 0.25) is 5.91 Å². The number of aromatic nitrogens is 1. The van der Waals surface area contributed by atoms with Gasteiger partial charge in [-0.05, 0) is 51.4 Å². The van der Waals surface area contributed by atoms with Crippen molar-refractivity contribution in [1.29, 1.82) is 0 Å². The normalized spacial score (nSPS) is 26.0. The number of rotatable bonds is 3. The van der Waals surface area contributed by atoms with Crippen LogP contribution in [0.3, 0.4) is 0 Å². The third-order valence-electron chi connectivity index (χ3n) is 5.55. The molecular formula is C19H25N3O2. The molecule has 2 aliphatic heterocycles. The largest absolute Gasteiger partial charge is 0.377 e. The van der Waals surface area contributed by atoms with Gasteiger partial charge in [0.15, 0.2) is 0 Å². The first kappa shape index (κ1) is 15.7. The number of nitrogens with one attached hydrogen (secondary N) is 2. The van der Waals surface area contributed by atoms with Gasteiger partial charge < -0.3 is 19.9 Å². The van der Waals surface area contributed by atoms with E-state index < -0.39 is 0 Å². The number of piperidine rings is 1. The third-order valence-corrected chi connectivity index (χ3v) is 5.55. The van der Waals surface area contributed by atoms with Crippen LogP contribution in [0.4, 0.5) is 5.69 Å². The molecule has 0 unspecified atom stereocenters. The average molecular weight is 327 g/mol. The van der Waals surface area contributed by atoms with Gasteiger partial charge in [0.1, 0.15) is 0 Å². The van der Waals surface area contributed by atoms with E-state index in [4.69, 9.17) is 4.74 Å². The summed E-state index contributed by atoms with van der Waals surface area (Å²) in [6.45, 7) is 2.89. The third kappa shape index (κ3) is 2.94. The molecule has 0 saturated carbocycles.